The van der Waals surface area contributed by atoms with E-state index in [0.717, 1.165) is 56.5 Å². The number of anilines is 3. The predicted molar refractivity (Wildman–Crippen MR) is 99.4 cm³/mol. The summed E-state index contributed by atoms with van der Waals surface area (Å²) in [6.45, 7) is 8.16. The van der Waals surface area contributed by atoms with E-state index in [9.17, 15) is 4.79 Å². The van der Waals surface area contributed by atoms with Gasteiger partial charge in [0.05, 0.1) is 37.8 Å². The molecule has 1 amide bonds. The van der Waals surface area contributed by atoms with Gasteiger partial charge >= 0.3 is 0 Å². The molecule has 138 valence electrons. The summed E-state index contributed by atoms with van der Waals surface area (Å²) in [6, 6.07) is 6.07. The Balaban J connectivity index is 1.83. The van der Waals surface area contributed by atoms with Gasteiger partial charge in [0.1, 0.15) is 0 Å². The smallest absolute Gasteiger partial charge is 0.225 e. The molecule has 2 aliphatic rings. The molecule has 0 aromatic heterocycles. The molecule has 3 rings (SSSR count). The van der Waals surface area contributed by atoms with Crippen LogP contribution >= 0.6 is 0 Å². The molecule has 1 aromatic rings. The van der Waals surface area contributed by atoms with Crippen molar-refractivity contribution >= 4 is 23.0 Å². The third-order valence-corrected chi connectivity index (χ3v) is 4.49. The Morgan fingerprint density at radius 1 is 1.12 bits per heavy atom. The summed E-state index contributed by atoms with van der Waals surface area (Å²) in [5, 5.41) is 3.02. The Labute approximate surface area is 149 Å². The van der Waals surface area contributed by atoms with Crippen molar-refractivity contribution in [3.63, 3.8) is 0 Å². The second kappa shape index (κ2) is 8.51. The number of nitrogens with one attached hydrogen (secondary N) is 1. The summed E-state index contributed by atoms with van der Waals surface area (Å²) >= 11 is 0. The zero-order chi connectivity index (χ0) is 17.6. The first-order valence-electron chi connectivity index (χ1n) is 8.98. The van der Waals surface area contributed by atoms with E-state index in [4.69, 9.17) is 15.2 Å². The van der Waals surface area contributed by atoms with E-state index in [2.05, 4.69) is 27.2 Å². The van der Waals surface area contributed by atoms with Crippen LogP contribution in [0.25, 0.3) is 0 Å². The Kier molecular flexibility index (Phi) is 6.12. The number of amides is 1. The van der Waals surface area contributed by atoms with Crippen molar-refractivity contribution in [2.45, 2.75) is 19.4 Å². The molecule has 1 aromatic carbocycles. The van der Waals surface area contributed by atoms with Gasteiger partial charge in [-0.05, 0) is 25.1 Å². The average Bonchev–Trinajstić information content (AvgIpc) is 2.63. The monoisotopic (exact) mass is 348 g/mol. The maximum absolute atomic E-state index is 12.2. The number of nitrogens with zero attached hydrogens (tertiary/aromatic N) is 2. The second-order valence-corrected chi connectivity index (χ2v) is 6.63. The highest BCUT2D eigenvalue weighted by Gasteiger charge is 2.19. The largest absolute Gasteiger partial charge is 0.378 e. The third-order valence-electron chi connectivity index (χ3n) is 4.49. The van der Waals surface area contributed by atoms with Gasteiger partial charge < -0.3 is 30.3 Å². The van der Waals surface area contributed by atoms with E-state index in [1.807, 2.05) is 13.0 Å². The van der Waals surface area contributed by atoms with Crippen molar-refractivity contribution in [2.75, 3.05) is 67.7 Å². The summed E-state index contributed by atoms with van der Waals surface area (Å²) in [4.78, 5) is 16.8. The molecule has 2 aliphatic heterocycles. The van der Waals surface area contributed by atoms with Crippen LogP contribution in [0.2, 0.25) is 0 Å². The fourth-order valence-corrected chi connectivity index (χ4v) is 3.20. The highest BCUT2D eigenvalue weighted by Crippen LogP contribution is 2.32. The Morgan fingerprint density at radius 2 is 1.72 bits per heavy atom. The first-order chi connectivity index (χ1) is 12.1. The maximum Gasteiger partial charge on any atom is 0.225 e. The minimum Gasteiger partial charge on any atom is -0.378 e. The van der Waals surface area contributed by atoms with Gasteiger partial charge in [-0.3, -0.25) is 4.79 Å². The Hall–Kier alpha value is -1.83. The van der Waals surface area contributed by atoms with Crippen LogP contribution in [0.15, 0.2) is 18.2 Å². The number of morpholine rings is 2. The lowest BCUT2D eigenvalue weighted by molar-refractivity contribution is -0.116. The van der Waals surface area contributed by atoms with Gasteiger partial charge in [0.15, 0.2) is 0 Å². The topological polar surface area (TPSA) is 80.1 Å². The van der Waals surface area contributed by atoms with E-state index >= 15 is 0 Å². The lowest BCUT2D eigenvalue weighted by Gasteiger charge is -2.33. The molecule has 0 saturated carbocycles. The van der Waals surface area contributed by atoms with E-state index in [1.54, 1.807) is 0 Å². The predicted octanol–water partition coefficient (Wildman–Crippen LogP) is 1.04. The molecule has 2 fully saturated rings. The standard InChI is InChI=1S/C18H28N4O3/c1-14(19)12-18(23)20-16-3-2-15(21-4-8-24-9-5-21)13-17(16)22-6-10-25-11-7-22/h2-3,13-14H,4-12,19H2,1H3,(H,20,23). The van der Waals surface area contributed by atoms with Gasteiger partial charge in [-0.2, -0.15) is 0 Å². The molecular formula is C18H28N4O3. The number of rotatable bonds is 5. The minimum absolute atomic E-state index is 0.0522. The average molecular weight is 348 g/mol. The number of carbonyl (C=O) groups is 1. The molecule has 3 N–H and O–H groups in total. The van der Waals surface area contributed by atoms with Gasteiger partial charge in [-0.15, -0.1) is 0 Å². The molecular weight excluding hydrogens is 320 g/mol. The zero-order valence-electron chi connectivity index (χ0n) is 14.9. The van der Waals surface area contributed by atoms with Gasteiger partial charge in [0.25, 0.3) is 0 Å². The maximum atomic E-state index is 12.2. The van der Waals surface area contributed by atoms with E-state index < -0.39 is 0 Å². The van der Waals surface area contributed by atoms with Crippen LogP contribution in [-0.4, -0.2) is 64.6 Å². The van der Waals surface area contributed by atoms with Crippen LogP contribution in [0.1, 0.15) is 13.3 Å². The molecule has 2 saturated heterocycles. The summed E-state index contributed by atoms with van der Waals surface area (Å²) in [5.74, 6) is -0.0522. The first-order valence-corrected chi connectivity index (χ1v) is 8.98. The van der Waals surface area contributed by atoms with E-state index in [0.29, 0.717) is 19.6 Å². The van der Waals surface area contributed by atoms with Crippen LogP contribution in [-0.2, 0) is 14.3 Å². The summed E-state index contributed by atoms with van der Waals surface area (Å²) in [6.07, 6.45) is 0.313. The normalized spacial score (nSPS) is 19.6. The van der Waals surface area contributed by atoms with Crippen molar-refractivity contribution in [1.82, 2.24) is 0 Å². The SMILES string of the molecule is CC(N)CC(=O)Nc1ccc(N2CCOCC2)cc1N1CCOCC1. The lowest BCUT2D eigenvalue weighted by Crippen LogP contribution is -2.38. The summed E-state index contributed by atoms with van der Waals surface area (Å²) in [7, 11) is 0. The van der Waals surface area contributed by atoms with E-state index in [1.165, 1.54) is 0 Å². The van der Waals surface area contributed by atoms with Crippen molar-refractivity contribution < 1.29 is 14.3 Å². The fourth-order valence-electron chi connectivity index (χ4n) is 3.20. The third kappa shape index (κ3) is 4.84. The number of carbonyl (C=O) groups excluding carboxylic acids is 1. The number of ether oxygens (including phenoxy) is 2. The molecule has 7 heteroatoms. The van der Waals surface area contributed by atoms with Crippen LogP contribution in [0.5, 0.6) is 0 Å². The molecule has 1 unspecified atom stereocenters. The Morgan fingerprint density at radius 3 is 2.32 bits per heavy atom. The lowest BCUT2D eigenvalue weighted by atomic mass is 10.1. The molecule has 1 atom stereocenters. The van der Waals surface area contributed by atoms with Crippen LogP contribution in [0, 0.1) is 0 Å². The number of hydrogen-bond acceptors (Lipinski definition) is 6. The van der Waals surface area contributed by atoms with Crippen molar-refractivity contribution in [1.29, 1.82) is 0 Å². The van der Waals surface area contributed by atoms with Crippen LogP contribution in [0.4, 0.5) is 17.1 Å². The van der Waals surface area contributed by atoms with Crippen molar-refractivity contribution in [3.8, 4) is 0 Å². The van der Waals surface area contributed by atoms with Crippen molar-refractivity contribution in [2.24, 2.45) is 5.73 Å². The van der Waals surface area contributed by atoms with Crippen LogP contribution in [0.3, 0.4) is 0 Å². The summed E-state index contributed by atoms with van der Waals surface area (Å²) < 4.78 is 10.9. The quantitative estimate of drug-likeness (QED) is 0.828. The molecule has 0 radical (unpaired) electrons. The van der Waals surface area contributed by atoms with Gasteiger partial charge in [-0.1, -0.05) is 0 Å². The number of nitrogens with two attached hydrogens (primary N) is 1. The molecule has 0 bridgehead atoms. The molecule has 7 nitrogen and oxygen atoms in total. The highest BCUT2D eigenvalue weighted by molar-refractivity contribution is 5.95. The minimum atomic E-state index is -0.153. The molecule has 0 spiro atoms. The van der Waals surface area contributed by atoms with Gasteiger partial charge in [0.2, 0.25) is 5.91 Å². The van der Waals surface area contributed by atoms with E-state index in [-0.39, 0.29) is 11.9 Å². The Bertz CT molecular complexity index is 582. The molecule has 25 heavy (non-hydrogen) atoms. The van der Waals surface area contributed by atoms with Crippen molar-refractivity contribution in [3.05, 3.63) is 18.2 Å². The van der Waals surface area contributed by atoms with Gasteiger partial charge in [0, 0.05) is 44.3 Å². The van der Waals surface area contributed by atoms with Crippen LogP contribution < -0.4 is 20.9 Å². The molecule has 0 aliphatic carbocycles. The second-order valence-electron chi connectivity index (χ2n) is 6.63. The summed E-state index contributed by atoms with van der Waals surface area (Å²) in [5.41, 5.74) is 8.79. The number of benzene rings is 1. The highest BCUT2D eigenvalue weighted by atomic mass is 16.5. The zero-order valence-corrected chi connectivity index (χ0v) is 14.9. The number of hydrogen-bond donors (Lipinski definition) is 2. The van der Waals surface area contributed by atoms with Gasteiger partial charge in [-0.25, -0.2) is 0 Å². The fraction of sp³-hybridized carbons (Fsp3) is 0.611. The first kappa shape index (κ1) is 18.0. The molecule has 2 heterocycles.